The lowest BCUT2D eigenvalue weighted by Gasteiger charge is -2.17. The first-order chi connectivity index (χ1) is 15.3. The Bertz CT molecular complexity index is 1220. The molecule has 1 N–H and O–H groups in total. The van der Waals surface area contributed by atoms with Crippen LogP contribution < -0.4 is 10.2 Å². The van der Waals surface area contributed by atoms with E-state index in [2.05, 4.69) is 19.2 Å². The van der Waals surface area contributed by atoms with Gasteiger partial charge < -0.3 is 5.32 Å². The van der Waals surface area contributed by atoms with Gasteiger partial charge in [0.1, 0.15) is 5.70 Å². The van der Waals surface area contributed by atoms with Gasteiger partial charge in [0.15, 0.2) is 0 Å². The van der Waals surface area contributed by atoms with Crippen LogP contribution >= 0.6 is 0 Å². The maximum atomic E-state index is 13.6. The number of rotatable bonds is 5. The molecule has 0 aliphatic carbocycles. The Balaban J connectivity index is 1.81. The smallest absolute Gasteiger partial charge is 0.282 e. The number of amides is 2. The number of nitrogens with zero attached hydrogens (tertiary/aromatic N) is 1. The minimum atomic E-state index is -0.345. The molecule has 4 heteroatoms. The lowest BCUT2D eigenvalue weighted by atomic mass is 9.97. The van der Waals surface area contributed by atoms with Gasteiger partial charge in [-0.2, -0.15) is 0 Å². The van der Waals surface area contributed by atoms with Crippen molar-refractivity contribution in [1.82, 2.24) is 0 Å². The third-order valence-corrected chi connectivity index (χ3v) is 5.87. The minimum absolute atomic E-state index is 0.304. The zero-order valence-electron chi connectivity index (χ0n) is 19.2. The summed E-state index contributed by atoms with van der Waals surface area (Å²) in [5.74, 6) is -0.284. The molecule has 162 valence electrons. The van der Waals surface area contributed by atoms with Crippen molar-refractivity contribution in [2.45, 2.75) is 40.5 Å². The molecule has 0 bridgehead atoms. The van der Waals surface area contributed by atoms with Gasteiger partial charge >= 0.3 is 0 Å². The molecule has 3 aromatic rings. The highest BCUT2D eigenvalue weighted by atomic mass is 16.2. The van der Waals surface area contributed by atoms with Crippen molar-refractivity contribution in [3.8, 4) is 0 Å². The largest absolute Gasteiger partial charge is 0.350 e. The van der Waals surface area contributed by atoms with Gasteiger partial charge in [0.25, 0.3) is 11.8 Å². The summed E-state index contributed by atoms with van der Waals surface area (Å²) in [6, 6.07) is 21.4. The SMILES string of the molecule is Cc1ccc(NC2=C(c3ccc(C)cc3C)C(=O)N(c3ccc(C(C)C)cc3)C2=O)cc1. The Hall–Kier alpha value is -3.66. The van der Waals surface area contributed by atoms with Gasteiger partial charge in [0, 0.05) is 5.69 Å². The molecule has 1 heterocycles. The van der Waals surface area contributed by atoms with Gasteiger partial charge in [-0.3, -0.25) is 9.59 Å². The van der Waals surface area contributed by atoms with Gasteiger partial charge in [-0.05, 0) is 67.6 Å². The Kier molecular flexibility index (Phi) is 5.70. The topological polar surface area (TPSA) is 49.4 Å². The Labute approximate surface area is 189 Å². The summed E-state index contributed by atoms with van der Waals surface area (Å²) in [6.45, 7) is 10.2. The molecule has 0 radical (unpaired) electrons. The third kappa shape index (κ3) is 3.96. The highest BCUT2D eigenvalue weighted by molar-refractivity contribution is 6.46. The van der Waals surface area contributed by atoms with E-state index in [-0.39, 0.29) is 11.8 Å². The van der Waals surface area contributed by atoms with Gasteiger partial charge in [-0.1, -0.05) is 67.4 Å². The minimum Gasteiger partial charge on any atom is -0.350 e. The van der Waals surface area contributed by atoms with E-state index in [4.69, 9.17) is 0 Å². The van der Waals surface area contributed by atoms with Crippen molar-refractivity contribution in [2.24, 2.45) is 0 Å². The summed E-state index contributed by atoms with van der Waals surface area (Å²) in [5, 5.41) is 3.24. The fraction of sp³-hybridized carbons (Fsp3) is 0.214. The van der Waals surface area contributed by atoms with E-state index in [1.165, 1.54) is 4.90 Å². The van der Waals surface area contributed by atoms with E-state index in [0.29, 0.717) is 22.9 Å². The standard InChI is InChI=1S/C28H28N2O2/c1-17(2)21-9-13-23(14-10-21)30-27(31)25(24-15-8-19(4)16-20(24)5)26(28(30)32)29-22-11-6-18(3)7-12-22/h6-17,29H,1-5H3. The maximum Gasteiger partial charge on any atom is 0.282 e. The van der Waals surface area contributed by atoms with Crippen molar-refractivity contribution >= 4 is 28.8 Å². The van der Waals surface area contributed by atoms with Crippen molar-refractivity contribution < 1.29 is 9.59 Å². The fourth-order valence-electron chi connectivity index (χ4n) is 4.01. The van der Waals surface area contributed by atoms with Crippen molar-refractivity contribution in [3.63, 3.8) is 0 Å². The molecule has 0 fully saturated rings. The first kappa shape index (κ1) is 21.6. The van der Waals surface area contributed by atoms with E-state index in [1.807, 2.05) is 87.5 Å². The van der Waals surface area contributed by atoms with Gasteiger partial charge in [0.05, 0.1) is 11.3 Å². The van der Waals surface area contributed by atoms with Crippen LogP contribution in [0.3, 0.4) is 0 Å². The summed E-state index contributed by atoms with van der Waals surface area (Å²) < 4.78 is 0. The van der Waals surface area contributed by atoms with Crippen LogP contribution in [0, 0.1) is 20.8 Å². The number of hydrogen-bond acceptors (Lipinski definition) is 3. The first-order valence-corrected chi connectivity index (χ1v) is 10.9. The molecule has 32 heavy (non-hydrogen) atoms. The Morgan fingerprint density at radius 2 is 1.38 bits per heavy atom. The number of imide groups is 1. The average molecular weight is 425 g/mol. The molecule has 0 saturated carbocycles. The number of nitrogens with one attached hydrogen (secondary N) is 1. The van der Waals surface area contributed by atoms with Crippen LogP contribution in [0.5, 0.6) is 0 Å². The molecule has 3 aromatic carbocycles. The van der Waals surface area contributed by atoms with Crippen LogP contribution in [0.2, 0.25) is 0 Å². The summed E-state index contributed by atoms with van der Waals surface area (Å²) in [7, 11) is 0. The molecule has 0 spiro atoms. The molecule has 1 aliphatic rings. The summed E-state index contributed by atoms with van der Waals surface area (Å²) >= 11 is 0. The van der Waals surface area contributed by atoms with Crippen LogP contribution in [-0.4, -0.2) is 11.8 Å². The molecule has 0 saturated heterocycles. The van der Waals surface area contributed by atoms with E-state index < -0.39 is 0 Å². The maximum absolute atomic E-state index is 13.6. The summed E-state index contributed by atoms with van der Waals surface area (Å²) in [4.78, 5) is 28.5. The quantitative estimate of drug-likeness (QED) is 0.501. The lowest BCUT2D eigenvalue weighted by Crippen LogP contribution is -2.32. The second-order valence-electron chi connectivity index (χ2n) is 8.75. The number of anilines is 2. The van der Waals surface area contributed by atoms with Crippen LogP contribution in [0.25, 0.3) is 5.57 Å². The number of carbonyl (C=O) groups excluding carboxylic acids is 2. The lowest BCUT2D eigenvalue weighted by molar-refractivity contribution is -0.120. The van der Waals surface area contributed by atoms with Gasteiger partial charge in [0.2, 0.25) is 0 Å². The van der Waals surface area contributed by atoms with E-state index in [0.717, 1.165) is 33.5 Å². The van der Waals surface area contributed by atoms with Crippen LogP contribution in [0.1, 0.15) is 47.6 Å². The number of aryl methyl sites for hydroxylation is 3. The van der Waals surface area contributed by atoms with Crippen molar-refractivity contribution in [2.75, 3.05) is 10.2 Å². The number of hydrogen-bond donors (Lipinski definition) is 1. The average Bonchev–Trinajstić information content (AvgIpc) is 2.99. The molecule has 0 unspecified atom stereocenters. The van der Waals surface area contributed by atoms with Crippen LogP contribution in [0.15, 0.2) is 72.4 Å². The molecule has 0 aromatic heterocycles. The normalized spacial score (nSPS) is 14.0. The van der Waals surface area contributed by atoms with E-state index >= 15 is 0 Å². The van der Waals surface area contributed by atoms with E-state index in [9.17, 15) is 9.59 Å². The highest BCUT2D eigenvalue weighted by Gasteiger charge is 2.40. The van der Waals surface area contributed by atoms with Crippen molar-refractivity contribution in [1.29, 1.82) is 0 Å². The van der Waals surface area contributed by atoms with Gasteiger partial charge in [-0.25, -0.2) is 4.90 Å². The summed E-state index contributed by atoms with van der Waals surface area (Å²) in [6.07, 6.45) is 0. The molecule has 0 atom stereocenters. The zero-order chi connectivity index (χ0) is 23.0. The summed E-state index contributed by atoms with van der Waals surface area (Å²) in [5.41, 5.74) is 7.18. The van der Waals surface area contributed by atoms with Crippen LogP contribution in [-0.2, 0) is 9.59 Å². The third-order valence-electron chi connectivity index (χ3n) is 5.87. The fourth-order valence-corrected chi connectivity index (χ4v) is 4.01. The second-order valence-corrected chi connectivity index (χ2v) is 8.75. The van der Waals surface area contributed by atoms with Gasteiger partial charge in [-0.15, -0.1) is 0 Å². The molecule has 4 nitrogen and oxygen atoms in total. The van der Waals surface area contributed by atoms with Crippen molar-refractivity contribution in [3.05, 3.63) is 100 Å². The zero-order valence-corrected chi connectivity index (χ0v) is 19.2. The Morgan fingerprint density at radius 1 is 0.750 bits per heavy atom. The molecular formula is C28H28N2O2. The molecular weight excluding hydrogens is 396 g/mol. The molecule has 4 rings (SSSR count). The number of carbonyl (C=O) groups is 2. The second kappa shape index (κ2) is 8.46. The van der Waals surface area contributed by atoms with E-state index in [1.54, 1.807) is 0 Å². The highest BCUT2D eigenvalue weighted by Crippen LogP contribution is 2.35. The Morgan fingerprint density at radius 3 is 1.97 bits per heavy atom. The monoisotopic (exact) mass is 424 g/mol. The predicted molar refractivity (Wildman–Crippen MR) is 131 cm³/mol. The van der Waals surface area contributed by atoms with Crippen LogP contribution in [0.4, 0.5) is 11.4 Å². The molecule has 1 aliphatic heterocycles. The predicted octanol–water partition coefficient (Wildman–Crippen LogP) is 6.13. The molecule has 2 amide bonds. The number of benzene rings is 3. The first-order valence-electron chi connectivity index (χ1n) is 10.9.